The van der Waals surface area contributed by atoms with Crippen LogP contribution in [0.25, 0.3) is 0 Å². The Morgan fingerprint density at radius 1 is 1.24 bits per heavy atom. The third kappa shape index (κ3) is 4.21. The van der Waals surface area contributed by atoms with Gasteiger partial charge in [-0.2, -0.15) is 0 Å². The van der Waals surface area contributed by atoms with E-state index in [1.54, 1.807) is 12.1 Å². The summed E-state index contributed by atoms with van der Waals surface area (Å²) in [6.07, 6.45) is 0.639. The summed E-state index contributed by atoms with van der Waals surface area (Å²) < 4.78 is 0. The van der Waals surface area contributed by atoms with E-state index in [9.17, 15) is 4.79 Å². The summed E-state index contributed by atoms with van der Waals surface area (Å²) in [4.78, 5) is 11.6. The summed E-state index contributed by atoms with van der Waals surface area (Å²) in [6.45, 7) is 6.18. The molecule has 1 aromatic rings. The lowest BCUT2D eigenvalue weighted by molar-refractivity contribution is -0.128. The lowest BCUT2D eigenvalue weighted by atomic mass is 9.95. The monoisotopic (exact) mass is 273 g/mol. The SMILES string of the molecule is CC(C)(C)C(=O)NCCc1c(Cl)cccc1Cl. The van der Waals surface area contributed by atoms with Crippen LogP contribution in [0.4, 0.5) is 0 Å². The zero-order valence-electron chi connectivity index (χ0n) is 10.3. The molecule has 1 amide bonds. The van der Waals surface area contributed by atoms with E-state index in [0.29, 0.717) is 23.0 Å². The Bertz CT molecular complexity index is 390. The quantitative estimate of drug-likeness (QED) is 0.894. The molecule has 0 aromatic heterocycles. The van der Waals surface area contributed by atoms with Crippen molar-refractivity contribution in [2.45, 2.75) is 27.2 Å². The van der Waals surface area contributed by atoms with Gasteiger partial charge < -0.3 is 5.32 Å². The van der Waals surface area contributed by atoms with Crippen molar-refractivity contribution in [1.82, 2.24) is 5.32 Å². The second-order valence-electron chi connectivity index (χ2n) is 4.96. The highest BCUT2D eigenvalue weighted by Crippen LogP contribution is 2.24. The first kappa shape index (κ1) is 14.3. The van der Waals surface area contributed by atoms with E-state index in [4.69, 9.17) is 23.2 Å². The second kappa shape index (κ2) is 5.74. The van der Waals surface area contributed by atoms with Crippen molar-refractivity contribution in [2.75, 3.05) is 6.54 Å². The Morgan fingerprint density at radius 2 is 1.76 bits per heavy atom. The summed E-state index contributed by atoms with van der Waals surface area (Å²) in [7, 11) is 0. The van der Waals surface area contributed by atoms with Crippen molar-refractivity contribution < 1.29 is 4.79 Å². The van der Waals surface area contributed by atoms with Gasteiger partial charge in [-0.15, -0.1) is 0 Å². The third-order valence-corrected chi connectivity index (χ3v) is 3.11. The van der Waals surface area contributed by atoms with Gasteiger partial charge in [-0.3, -0.25) is 4.79 Å². The van der Waals surface area contributed by atoms with Gasteiger partial charge in [-0.25, -0.2) is 0 Å². The molecule has 0 aliphatic rings. The van der Waals surface area contributed by atoms with Crippen LogP contribution in [0.1, 0.15) is 26.3 Å². The number of carbonyl (C=O) groups excluding carboxylic acids is 1. The van der Waals surface area contributed by atoms with Gasteiger partial charge in [0.15, 0.2) is 0 Å². The Hall–Kier alpha value is -0.730. The van der Waals surface area contributed by atoms with Gasteiger partial charge in [0.1, 0.15) is 0 Å². The first-order chi connectivity index (χ1) is 7.82. The number of amides is 1. The molecule has 0 bridgehead atoms. The lowest BCUT2D eigenvalue weighted by Crippen LogP contribution is -2.35. The van der Waals surface area contributed by atoms with E-state index in [2.05, 4.69) is 5.32 Å². The number of halogens is 2. The topological polar surface area (TPSA) is 29.1 Å². The zero-order valence-corrected chi connectivity index (χ0v) is 11.8. The van der Waals surface area contributed by atoms with Crippen LogP contribution in [0.2, 0.25) is 10.0 Å². The van der Waals surface area contributed by atoms with Crippen LogP contribution in [-0.4, -0.2) is 12.5 Å². The Kier molecular flexibility index (Phi) is 4.84. The molecule has 0 aliphatic heterocycles. The molecule has 0 radical (unpaired) electrons. The van der Waals surface area contributed by atoms with E-state index >= 15 is 0 Å². The smallest absolute Gasteiger partial charge is 0.225 e. The fourth-order valence-electron chi connectivity index (χ4n) is 1.34. The van der Waals surface area contributed by atoms with Gasteiger partial charge in [0.2, 0.25) is 5.91 Å². The molecule has 0 unspecified atom stereocenters. The molecule has 2 nitrogen and oxygen atoms in total. The number of carbonyl (C=O) groups is 1. The van der Waals surface area contributed by atoms with Gasteiger partial charge >= 0.3 is 0 Å². The van der Waals surface area contributed by atoms with Gasteiger partial charge in [-0.1, -0.05) is 50.0 Å². The summed E-state index contributed by atoms with van der Waals surface area (Å²) in [5, 5.41) is 4.15. The van der Waals surface area contributed by atoms with Crippen LogP contribution < -0.4 is 5.32 Å². The van der Waals surface area contributed by atoms with Crippen LogP contribution in [0.3, 0.4) is 0 Å². The minimum atomic E-state index is -0.371. The first-order valence-corrected chi connectivity index (χ1v) is 6.29. The van der Waals surface area contributed by atoms with Crippen LogP contribution >= 0.6 is 23.2 Å². The molecule has 1 N–H and O–H groups in total. The molecule has 1 rings (SSSR count). The van der Waals surface area contributed by atoms with E-state index in [1.165, 1.54) is 0 Å². The second-order valence-corrected chi connectivity index (χ2v) is 5.77. The summed E-state index contributed by atoms with van der Waals surface area (Å²) >= 11 is 12.1. The Morgan fingerprint density at radius 3 is 2.24 bits per heavy atom. The van der Waals surface area contributed by atoms with E-state index in [0.717, 1.165) is 5.56 Å². The third-order valence-electron chi connectivity index (χ3n) is 2.40. The fourth-order valence-corrected chi connectivity index (χ4v) is 1.92. The standard InChI is InChI=1S/C13H17Cl2NO/c1-13(2,3)12(17)16-8-7-9-10(14)5-4-6-11(9)15/h4-6H,7-8H2,1-3H3,(H,16,17). The Labute approximate surface area is 112 Å². The number of hydrogen-bond donors (Lipinski definition) is 1. The highest BCUT2D eigenvalue weighted by molar-refractivity contribution is 6.35. The molecule has 0 aliphatic carbocycles. The van der Waals surface area contributed by atoms with Crippen molar-refractivity contribution in [3.63, 3.8) is 0 Å². The molecule has 94 valence electrons. The minimum absolute atomic E-state index is 0.0284. The van der Waals surface area contributed by atoms with E-state index in [1.807, 2.05) is 26.8 Å². The van der Waals surface area contributed by atoms with Crippen molar-refractivity contribution in [1.29, 1.82) is 0 Å². The van der Waals surface area contributed by atoms with Gasteiger partial charge in [0.05, 0.1) is 0 Å². The summed E-state index contributed by atoms with van der Waals surface area (Å²) in [5.41, 5.74) is 0.509. The highest BCUT2D eigenvalue weighted by atomic mass is 35.5. The fraction of sp³-hybridized carbons (Fsp3) is 0.462. The van der Waals surface area contributed by atoms with Crippen LogP contribution in [-0.2, 0) is 11.2 Å². The average Bonchev–Trinajstić information content (AvgIpc) is 2.20. The first-order valence-electron chi connectivity index (χ1n) is 5.53. The maximum atomic E-state index is 11.6. The van der Waals surface area contributed by atoms with Crippen LogP contribution in [0.15, 0.2) is 18.2 Å². The predicted octanol–water partition coefficient (Wildman–Crippen LogP) is 3.70. The van der Waals surface area contributed by atoms with Crippen molar-refractivity contribution in [3.8, 4) is 0 Å². The van der Waals surface area contributed by atoms with Crippen LogP contribution in [0, 0.1) is 5.41 Å². The summed E-state index contributed by atoms with van der Waals surface area (Å²) in [6, 6.07) is 5.41. The van der Waals surface area contributed by atoms with E-state index < -0.39 is 0 Å². The zero-order chi connectivity index (χ0) is 13.1. The van der Waals surface area contributed by atoms with Crippen LogP contribution in [0.5, 0.6) is 0 Å². The maximum Gasteiger partial charge on any atom is 0.225 e. The van der Waals surface area contributed by atoms with Gasteiger partial charge in [-0.05, 0) is 24.1 Å². The molecule has 4 heteroatoms. The molecule has 0 spiro atoms. The number of rotatable bonds is 3. The highest BCUT2D eigenvalue weighted by Gasteiger charge is 2.20. The van der Waals surface area contributed by atoms with E-state index in [-0.39, 0.29) is 11.3 Å². The molecule has 0 fully saturated rings. The number of nitrogens with one attached hydrogen (secondary N) is 1. The molecule has 0 heterocycles. The number of benzene rings is 1. The van der Waals surface area contributed by atoms with Crippen molar-refractivity contribution >= 4 is 29.1 Å². The van der Waals surface area contributed by atoms with Crippen molar-refractivity contribution in [2.24, 2.45) is 5.41 Å². The Balaban J connectivity index is 2.55. The number of hydrogen-bond acceptors (Lipinski definition) is 1. The molecule has 17 heavy (non-hydrogen) atoms. The molecule has 0 atom stereocenters. The maximum absolute atomic E-state index is 11.6. The molecular formula is C13H17Cl2NO. The molecule has 0 saturated carbocycles. The van der Waals surface area contributed by atoms with Gasteiger partial charge in [0, 0.05) is 22.0 Å². The van der Waals surface area contributed by atoms with Gasteiger partial charge in [0.25, 0.3) is 0 Å². The predicted molar refractivity (Wildman–Crippen MR) is 72.6 cm³/mol. The molecule has 0 saturated heterocycles. The summed E-state index contributed by atoms with van der Waals surface area (Å²) in [5.74, 6) is 0.0284. The largest absolute Gasteiger partial charge is 0.355 e. The minimum Gasteiger partial charge on any atom is -0.355 e. The molecular weight excluding hydrogens is 257 g/mol. The normalized spacial score (nSPS) is 11.4. The van der Waals surface area contributed by atoms with Crippen molar-refractivity contribution in [3.05, 3.63) is 33.8 Å². The molecule has 1 aromatic carbocycles. The average molecular weight is 274 g/mol. The lowest BCUT2D eigenvalue weighted by Gasteiger charge is -2.17.